The van der Waals surface area contributed by atoms with Gasteiger partial charge in [0.15, 0.2) is 5.78 Å². The first-order chi connectivity index (χ1) is 11.5. The summed E-state index contributed by atoms with van der Waals surface area (Å²) >= 11 is 0. The number of carbonyl (C=O) groups excluding carboxylic acids is 1. The Balaban J connectivity index is 2.03. The van der Waals surface area contributed by atoms with Gasteiger partial charge in [-0.3, -0.25) is 4.79 Å². The number of ketones is 1. The molecule has 0 spiro atoms. The number of oxime groups is 1. The average molecular weight is 320 g/mol. The molecular weight excluding hydrogens is 300 g/mol. The standard InChI is InChI=1S/C20H20N2O2/c1-20(2)12-16-10-14(13-21-24)8-9-17(16)18(22-20)11-19(23)15-6-4-3-5-7-15/h3-11,13,22,24H,12H2,1-2H3. The van der Waals surface area contributed by atoms with Gasteiger partial charge in [-0.05, 0) is 37.5 Å². The van der Waals surface area contributed by atoms with Crippen LogP contribution in [-0.4, -0.2) is 22.7 Å². The molecule has 4 nitrogen and oxygen atoms in total. The first-order valence-corrected chi connectivity index (χ1v) is 7.88. The molecule has 24 heavy (non-hydrogen) atoms. The van der Waals surface area contributed by atoms with E-state index in [0.717, 1.165) is 28.8 Å². The van der Waals surface area contributed by atoms with E-state index in [1.165, 1.54) is 6.21 Å². The van der Waals surface area contributed by atoms with Gasteiger partial charge in [0.25, 0.3) is 0 Å². The van der Waals surface area contributed by atoms with Gasteiger partial charge in [-0.25, -0.2) is 0 Å². The molecular formula is C20H20N2O2. The van der Waals surface area contributed by atoms with Gasteiger partial charge in [-0.1, -0.05) is 47.6 Å². The third kappa shape index (κ3) is 3.38. The van der Waals surface area contributed by atoms with E-state index in [0.29, 0.717) is 5.56 Å². The summed E-state index contributed by atoms with van der Waals surface area (Å²) in [5.74, 6) is -0.0252. The van der Waals surface area contributed by atoms with Crippen molar-refractivity contribution in [2.24, 2.45) is 5.16 Å². The number of hydrogen-bond donors (Lipinski definition) is 2. The van der Waals surface area contributed by atoms with Crippen LogP contribution in [0.15, 0.2) is 59.8 Å². The van der Waals surface area contributed by atoms with Crippen molar-refractivity contribution in [3.63, 3.8) is 0 Å². The molecule has 0 saturated carbocycles. The van der Waals surface area contributed by atoms with Crippen molar-refractivity contribution in [1.29, 1.82) is 0 Å². The largest absolute Gasteiger partial charge is 0.411 e. The maximum atomic E-state index is 12.5. The van der Waals surface area contributed by atoms with Crippen molar-refractivity contribution in [1.82, 2.24) is 5.32 Å². The van der Waals surface area contributed by atoms with Crippen LogP contribution in [0, 0.1) is 0 Å². The molecule has 0 bridgehead atoms. The fraction of sp³-hybridized carbons (Fsp3) is 0.200. The maximum Gasteiger partial charge on any atom is 0.187 e. The lowest BCUT2D eigenvalue weighted by atomic mass is 9.84. The Kier molecular flexibility index (Phi) is 4.21. The number of fused-ring (bicyclic) bond motifs is 1. The molecule has 122 valence electrons. The molecule has 0 aliphatic carbocycles. The highest BCUT2D eigenvalue weighted by Gasteiger charge is 2.28. The van der Waals surface area contributed by atoms with Crippen LogP contribution in [-0.2, 0) is 6.42 Å². The van der Waals surface area contributed by atoms with Gasteiger partial charge < -0.3 is 10.5 Å². The van der Waals surface area contributed by atoms with Crippen molar-refractivity contribution < 1.29 is 10.0 Å². The van der Waals surface area contributed by atoms with Gasteiger partial charge in [-0.15, -0.1) is 0 Å². The molecule has 0 aromatic heterocycles. The third-order valence-electron chi connectivity index (χ3n) is 4.07. The van der Waals surface area contributed by atoms with E-state index in [9.17, 15) is 4.79 Å². The predicted octanol–water partition coefficient (Wildman–Crippen LogP) is 3.64. The van der Waals surface area contributed by atoms with Crippen LogP contribution >= 0.6 is 0 Å². The van der Waals surface area contributed by atoms with Crippen molar-refractivity contribution in [3.8, 4) is 0 Å². The lowest BCUT2D eigenvalue weighted by Gasteiger charge is -2.35. The molecule has 0 saturated heterocycles. The summed E-state index contributed by atoms with van der Waals surface area (Å²) in [6.45, 7) is 4.20. The molecule has 1 aliphatic heterocycles. The number of carbonyl (C=O) groups is 1. The highest BCUT2D eigenvalue weighted by molar-refractivity contribution is 6.08. The summed E-state index contributed by atoms with van der Waals surface area (Å²) < 4.78 is 0. The van der Waals surface area contributed by atoms with Crippen LogP contribution < -0.4 is 5.32 Å². The zero-order valence-corrected chi connectivity index (χ0v) is 13.8. The Hall–Kier alpha value is -2.88. The zero-order valence-electron chi connectivity index (χ0n) is 13.8. The van der Waals surface area contributed by atoms with E-state index in [2.05, 4.69) is 24.3 Å². The third-order valence-corrected chi connectivity index (χ3v) is 4.07. The Morgan fingerprint density at radius 1 is 1.21 bits per heavy atom. The summed E-state index contributed by atoms with van der Waals surface area (Å²) in [6, 6.07) is 15.1. The Morgan fingerprint density at radius 2 is 1.96 bits per heavy atom. The second-order valence-corrected chi connectivity index (χ2v) is 6.64. The number of nitrogens with zero attached hydrogens (tertiary/aromatic N) is 1. The summed E-state index contributed by atoms with van der Waals surface area (Å²) in [4.78, 5) is 12.5. The first-order valence-electron chi connectivity index (χ1n) is 7.88. The van der Waals surface area contributed by atoms with Crippen molar-refractivity contribution in [2.75, 3.05) is 0 Å². The molecule has 1 heterocycles. The highest BCUT2D eigenvalue weighted by atomic mass is 16.4. The topological polar surface area (TPSA) is 61.7 Å². The normalized spacial score (nSPS) is 17.5. The summed E-state index contributed by atoms with van der Waals surface area (Å²) in [7, 11) is 0. The summed E-state index contributed by atoms with van der Waals surface area (Å²) in [5.41, 5.74) is 4.30. The first kappa shape index (κ1) is 16.0. The minimum Gasteiger partial charge on any atom is -0.411 e. The minimum atomic E-state index is -0.162. The Bertz CT molecular complexity index is 821. The second kappa shape index (κ2) is 6.32. The number of rotatable bonds is 3. The van der Waals surface area contributed by atoms with Crippen LogP contribution in [0.2, 0.25) is 0 Å². The van der Waals surface area contributed by atoms with Gasteiger partial charge >= 0.3 is 0 Å². The molecule has 0 unspecified atom stereocenters. The summed E-state index contributed by atoms with van der Waals surface area (Å²) in [5, 5.41) is 15.3. The van der Waals surface area contributed by atoms with Gasteiger partial charge in [0, 0.05) is 28.4 Å². The van der Waals surface area contributed by atoms with Crippen LogP contribution in [0.25, 0.3) is 5.70 Å². The van der Waals surface area contributed by atoms with E-state index < -0.39 is 0 Å². The number of hydrogen-bond acceptors (Lipinski definition) is 4. The fourth-order valence-corrected chi connectivity index (χ4v) is 3.05. The quantitative estimate of drug-likeness (QED) is 0.298. The molecule has 0 amide bonds. The van der Waals surface area contributed by atoms with Crippen molar-refractivity contribution in [2.45, 2.75) is 25.8 Å². The Labute approximate surface area is 141 Å². The fourth-order valence-electron chi connectivity index (χ4n) is 3.05. The monoisotopic (exact) mass is 320 g/mol. The number of benzene rings is 2. The second-order valence-electron chi connectivity index (χ2n) is 6.64. The van der Waals surface area contributed by atoms with Gasteiger partial charge in [0.05, 0.1) is 6.21 Å². The zero-order chi connectivity index (χ0) is 17.2. The van der Waals surface area contributed by atoms with Crippen LogP contribution in [0.1, 0.15) is 40.9 Å². The predicted molar refractivity (Wildman–Crippen MR) is 95.5 cm³/mol. The lowest BCUT2D eigenvalue weighted by Crippen LogP contribution is -2.43. The molecule has 3 rings (SSSR count). The molecule has 2 aromatic carbocycles. The van der Waals surface area contributed by atoms with Crippen LogP contribution in [0.5, 0.6) is 0 Å². The number of nitrogens with one attached hydrogen (secondary N) is 1. The molecule has 0 radical (unpaired) electrons. The van der Waals surface area contributed by atoms with Gasteiger partial charge in [0.1, 0.15) is 0 Å². The van der Waals surface area contributed by atoms with E-state index in [-0.39, 0.29) is 11.3 Å². The molecule has 2 aromatic rings. The molecule has 0 fully saturated rings. The van der Waals surface area contributed by atoms with Crippen molar-refractivity contribution >= 4 is 17.7 Å². The van der Waals surface area contributed by atoms with Crippen molar-refractivity contribution in [3.05, 3.63) is 76.9 Å². The number of allylic oxidation sites excluding steroid dienone is 1. The SMILES string of the molecule is CC1(C)Cc2cc(C=NO)ccc2C(=CC(=O)c2ccccc2)N1. The molecule has 4 heteroatoms. The lowest BCUT2D eigenvalue weighted by molar-refractivity contribution is 0.104. The average Bonchev–Trinajstić information content (AvgIpc) is 2.54. The van der Waals surface area contributed by atoms with E-state index >= 15 is 0 Å². The van der Waals surface area contributed by atoms with Crippen LogP contribution in [0.4, 0.5) is 0 Å². The van der Waals surface area contributed by atoms with Crippen LogP contribution in [0.3, 0.4) is 0 Å². The summed E-state index contributed by atoms with van der Waals surface area (Å²) in [6.07, 6.45) is 3.90. The van der Waals surface area contributed by atoms with E-state index in [4.69, 9.17) is 5.21 Å². The molecule has 2 N–H and O–H groups in total. The van der Waals surface area contributed by atoms with E-state index in [1.807, 2.05) is 48.5 Å². The molecule has 0 atom stereocenters. The van der Waals surface area contributed by atoms with E-state index in [1.54, 1.807) is 6.08 Å². The maximum absolute atomic E-state index is 12.5. The highest BCUT2D eigenvalue weighted by Crippen LogP contribution is 2.30. The molecule has 1 aliphatic rings. The van der Waals surface area contributed by atoms with Gasteiger partial charge in [-0.2, -0.15) is 0 Å². The Morgan fingerprint density at radius 3 is 2.67 bits per heavy atom. The van der Waals surface area contributed by atoms with Gasteiger partial charge in [0.2, 0.25) is 0 Å². The smallest absolute Gasteiger partial charge is 0.187 e. The minimum absolute atomic E-state index is 0.0252.